The lowest BCUT2D eigenvalue weighted by Crippen LogP contribution is -2.30. The second-order valence-electron chi connectivity index (χ2n) is 5.36. The van der Waals surface area contributed by atoms with Crippen LogP contribution in [0.1, 0.15) is 31.2 Å². The van der Waals surface area contributed by atoms with Crippen molar-refractivity contribution in [1.82, 2.24) is 0 Å². The van der Waals surface area contributed by atoms with Gasteiger partial charge in [0.05, 0.1) is 16.9 Å². The van der Waals surface area contributed by atoms with Crippen molar-refractivity contribution < 1.29 is 18.0 Å². The van der Waals surface area contributed by atoms with Crippen molar-refractivity contribution in [1.29, 1.82) is 0 Å². The average molecular weight is 315 g/mol. The summed E-state index contributed by atoms with van der Waals surface area (Å²) >= 11 is 0. The first-order valence-electron chi connectivity index (χ1n) is 7.38. The van der Waals surface area contributed by atoms with Crippen LogP contribution in [0.4, 0.5) is 24.5 Å². The summed E-state index contributed by atoms with van der Waals surface area (Å²) in [6.45, 7) is 1.72. The fourth-order valence-electron chi connectivity index (χ4n) is 2.57. The number of nitrogens with one attached hydrogen (secondary N) is 1. The molecule has 2 rings (SSSR count). The highest BCUT2D eigenvalue weighted by atomic mass is 19.4. The number of rotatable bonds is 4. The van der Waals surface area contributed by atoms with Crippen LogP contribution in [0.25, 0.3) is 0 Å². The third-order valence-corrected chi connectivity index (χ3v) is 3.67. The van der Waals surface area contributed by atoms with Gasteiger partial charge in [-0.25, -0.2) is 0 Å². The van der Waals surface area contributed by atoms with Crippen LogP contribution in [0.15, 0.2) is 18.2 Å². The highest BCUT2D eigenvalue weighted by Crippen LogP contribution is 2.36. The van der Waals surface area contributed by atoms with E-state index >= 15 is 0 Å². The van der Waals surface area contributed by atoms with E-state index in [0.29, 0.717) is 5.69 Å². The van der Waals surface area contributed by atoms with E-state index in [9.17, 15) is 18.0 Å². The number of benzene rings is 1. The lowest BCUT2D eigenvalue weighted by atomic mass is 10.1. The van der Waals surface area contributed by atoms with Crippen molar-refractivity contribution in [3.63, 3.8) is 0 Å². The summed E-state index contributed by atoms with van der Waals surface area (Å²) in [5, 5.41) is 2.56. The summed E-state index contributed by atoms with van der Waals surface area (Å²) in [4.78, 5) is 13.7. The third kappa shape index (κ3) is 4.13. The van der Waals surface area contributed by atoms with E-state index in [1.54, 1.807) is 0 Å². The predicted molar refractivity (Wildman–Crippen MR) is 79.8 cm³/mol. The standard InChI is InChI=1S/C15H20F3N3O/c16-15(17,18)11-4-5-13(21-8-2-1-3-9-21)12(10-11)20-14(22)6-7-19/h4-5,10H,1-3,6-9,19H2,(H,20,22). The van der Waals surface area contributed by atoms with Crippen LogP contribution in [-0.2, 0) is 11.0 Å². The van der Waals surface area contributed by atoms with Crippen molar-refractivity contribution >= 4 is 17.3 Å². The number of piperidine rings is 1. The van der Waals surface area contributed by atoms with Gasteiger partial charge in [-0.3, -0.25) is 4.79 Å². The lowest BCUT2D eigenvalue weighted by Gasteiger charge is -2.31. The van der Waals surface area contributed by atoms with Crippen LogP contribution in [0.3, 0.4) is 0 Å². The van der Waals surface area contributed by atoms with E-state index in [0.717, 1.165) is 44.5 Å². The van der Waals surface area contributed by atoms with Gasteiger partial charge in [0.2, 0.25) is 5.91 Å². The van der Waals surface area contributed by atoms with Gasteiger partial charge in [-0.2, -0.15) is 13.2 Å². The molecular formula is C15H20F3N3O. The molecule has 3 N–H and O–H groups in total. The van der Waals surface area contributed by atoms with Crippen LogP contribution >= 0.6 is 0 Å². The van der Waals surface area contributed by atoms with Gasteiger partial charge in [0.15, 0.2) is 0 Å². The molecule has 1 saturated heterocycles. The van der Waals surface area contributed by atoms with Crippen LogP contribution in [0.2, 0.25) is 0 Å². The molecule has 1 fully saturated rings. The van der Waals surface area contributed by atoms with E-state index in [-0.39, 0.29) is 24.6 Å². The summed E-state index contributed by atoms with van der Waals surface area (Å²) in [7, 11) is 0. The van der Waals surface area contributed by atoms with Gasteiger partial charge in [0.1, 0.15) is 0 Å². The summed E-state index contributed by atoms with van der Waals surface area (Å²) in [6, 6.07) is 3.49. The minimum Gasteiger partial charge on any atom is -0.370 e. The maximum absolute atomic E-state index is 12.9. The molecule has 0 radical (unpaired) electrons. The summed E-state index contributed by atoms with van der Waals surface area (Å²) < 4.78 is 38.6. The lowest BCUT2D eigenvalue weighted by molar-refractivity contribution is -0.137. The molecule has 1 aliphatic rings. The molecule has 1 amide bonds. The molecule has 0 bridgehead atoms. The Balaban J connectivity index is 2.32. The van der Waals surface area contributed by atoms with E-state index in [4.69, 9.17) is 5.73 Å². The SMILES string of the molecule is NCCC(=O)Nc1cc(C(F)(F)F)ccc1N1CCCCC1. The number of alkyl halides is 3. The minimum absolute atomic E-state index is 0.0791. The fraction of sp³-hybridized carbons (Fsp3) is 0.533. The number of carbonyl (C=O) groups is 1. The highest BCUT2D eigenvalue weighted by Gasteiger charge is 2.31. The second-order valence-corrected chi connectivity index (χ2v) is 5.36. The second kappa shape index (κ2) is 7.00. The molecule has 0 atom stereocenters. The van der Waals surface area contributed by atoms with Crippen LogP contribution in [-0.4, -0.2) is 25.5 Å². The van der Waals surface area contributed by atoms with Crippen molar-refractivity contribution in [2.45, 2.75) is 31.9 Å². The van der Waals surface area contributed by atoms with Crippen LogP contribution < -0.4 is 16.0 Å². The van der Waals surface area contributed by atoms with Gasteiger partial charge in [-0.05, 0) is 37.5 Å². The molecule has 4 nitrogen and oxygen atoms in total. The molecular weight excluding hydrogens is 295 g/mol. The third-order valence-electron chi connectivity index (χ3n) is 3.67. The number of carbonyl (C=O) groups excluding carboxylic acids is 1. The number of hydrogen-bond acceptors (Lipinski definition) is 3. The zero-order valence-corrected chi connectivity index (χ0v) is 12.2. The number of hydrogen-bond donors (Lipinski definition) is 2. The topological polar surface area (TPSA) is 58.4 Å². The Hall–Kier alpha value is -1.76. The Kier molecular flexibility index (Phi) is 5.28. The van der Waals surface area contributed by atoms with Crippen molar-refractivity contribution in [3.8, 4) is 0 Å². The first-order chi connectivity index (χ1) is 10.4. The number of anilines is 2. The van der Waals surface area contributed by atoms with Gasteiger partial charge in [-0.15, -0.1) is 0 Å². The largest absolute Gasteiger partial charge is 0.416 e. The quantitative estimate of drug-likeness (QED) is 0.898. The molecule has 1 aliphatic heterocycles. The molecule has 0 unspecified atom stereocenters. The van der Waals surface area contributed by atoms with E-state index in [1.165, 1.54) is 6.07 Å². The molecule has 0 aromatic heterocycles. The van der Waals surface area contributed by atoms with Crippen molar-refractivity contribution in [3.05, 3.63) is 23.8 Å². The van der Waals surface area contributed by atoms with Gasteiger partial charge >= 0.3 is 6.18 Å². The fourth-order valence-corrected chi connectivity index (χ4v) is 2.57. The maximum atomic E-state index is 12.9. The molecule has 0 saturated carbocycles. The smallest absolute Gasteiger partial charge is 0.370 e. The van der Waals surface area contributed by atoms with Crippen LogP contribution in [0.5, 0.6) is 0 Å². The summed E-state index contributed by atoms with van der Waals surface area (Å²) in [5.41, 5.74) is 5.39. The molecule has 22 heavy (non-hydrogen) atoms. The van der Waals surface area contributed by atoms with Crippen LogP contribution in [0, 0.1) is 0 Å². The predicted octanol–water partition coefficient (Wildman–Crippen LogP) is 2.98. The normalized spacial score (nSPS) is 15.7. The van der Waals surface area contributed by atoms with E-state index in [1.807, 2.05) is 4.90 Å². The zero-order chi connectivity index (χ0) is 16.2. The van der Waals surface area contributed by atoms with E-state index in [2.05, 4.69) is 5.32 Å². The number of halogens is 3. The Morgan fingerprint density at radius 3 is 2.50 bits per heavy atom. The van der Waals surface area contributed by atoms with Gasteiger partial charge in [0, 0.05) is 26.1 Å². The van der Waals surface area contributed by atoms with Crippen molar-refractivity contribution in [2.75, 3.05) is 29.9 Å². The average Bonchev–Trinajstić information content (AvgIpc) is 2.47. The summed E-state index contributed by atoms with van der Waals surface area (Å²) in [6.07, 6.45) is -1.25. The molecule has 0 aliphatic carbocycles. The molecule has 1 aromatic rings. The molecule has 122 valence electrons. The number of nitrogens with two attached hydrogens (primary N) is 1. The Morgan fingerprint density at radius 2 is 1.91 bits per heavy atom. The van der Waals surface area contributed by atoms with Crippen molar-refractivity contribution in [2.24, 2.45) is 5.73 Å². The minimum atomic E-state index is -4.44. The first-order valence-corrected chi connectivity index (χ1v) is 7.38. The molecule has 7 heteroatoms. The van der Waals surface area contributed by atoms with Gasteiger partial charge in [0.25, 0.3) is 0 Å². The molecule has 1 aromatic carbocycles. The number of amides is 1. The monoisotopic (exact) mass is 315 g/mol. The summed E-state index contributed by atoms with van der Waals surface area (Å²) in [5.74, 6) is -0.375. The highest BCUT2D eigenvalue weighted by molar-refractivity contribution is 5.94. The zero-order valence-electron chi connectivity index (χ0n) is 12.2. The Labute approximate surface area is 127 Å². The Bertz CT molecular complexity index is 525. The van der Waals surface area contributed by atoms with Gasteiger partial charge in [-0.1, -0.05) is 0 Å². The first kappa shape index (κ1) is 16.6. The molecule has 1 heterocycles. The van der Waals surface area contributed by atoms with E-state index < -0.39 is 11.7 Å². The Morgan fingerprint density at radius 1 is 1.23 bits per heavy atom. The maximum Gasteiger partial charge on any atom is 0.416 e. The molecule has 0 spiro atoms. The van der Waals surface area contributed by atoms with Gasteiger partial charge < -0.3 is 16.0 Å². The number of nitrogens with zero attached hydrogens (tertiary/aromatic N) is 1.